The van der Waals surface area contributed by atoms with Gasteiger partial charge in [0, 0.05) is 38.0 Å². The number of H-pyrrole nitrogens is 1. The van der Waals surface area contributed by atoms with Crippen LogP contribution in [0.4, 0.5) is 4.39 Å². The highest BCUT2D eigenvalue weighted by Gasteiger charge is 2.19. The molecule has 2 aromatic heterocycles. The number of aromatic amines is 1. The Labute approximate surface area is 138 Å². The first-order valence-corrected chi connectivity index (χ1v) is 7.49. The zero-order valence-electron chi connectivity index (χ0n) is 13.7. The second kappa shape index (κ2) is 6.27. The molecule has 1 aromatic carbocycles. The third kappa shape index (κ3) is 3.05. The zero-order valence-corrected chi connectivity index (χ0v) is 13.7. The molecule has 0 spiro atoms. The number of carbonyl (C=O) groups excluding carboxylic acids is 1. The molecule has 2 heterocycles. The van der Waals surface area contributed by atoms with E-state index in [1.54, 1.807) is 48.2 Å². The number of benzene rings is 1. The smallest absolute Gasteiger partial charge is 0.257 e. The molecular formula is C17H18FN5O. The van der Waals surface area contributed by atoms with Crippen LogP contribution in [0.3, 0.4) is 0 Å². The topological polar surface area (TPSA) is 66.8 Å². The molecule has 0 aliphatic rings. The number of aromatic nitrogens is 4. The monoisotopic (exact) mass is 327 g/mol. The number of nitrogens with zero attached hydrogens (tertiary/aromatic N) is 4. The first-order chi connectivity index (χ1) is 11.5. The number of halogens is 1. The van der Waals surface area contributed by atoms with Gasteiger partial charge in [-0.3, -0.25) is 14.6 Å². The third-order valence-electron chi connectivity index (χ3n) is 3.85. The highest BCUT2D eigenvalue weighted by Crippen LogP contribution is 2.23. The second-order valence-corrected chi connectivity index (χ2v) is 5.74. The van der Waals surface area contributed by atoms with Crippen LogP contribution < -0.4 is 0 Å². The molecule has 0 aliphatic carbocycles. The number of carbonyl (C=O) groups is 1. The number of nitrogens with one attached hydrogen (secondary N) is 1. The Morgan fingerprint density at radius 2 is 2.04 bits per heavy atom. The number of hydrogen-bond donors (Lipinski definition) is 1. The van der Waals surface area contributed by atoms with E-state index in [-0.39, 0.29) is 11.7 Å². The molecule has 124 valence electrons. The van der Waals surface area contributed by atoms with E-state index in [0.717, 1.165) is 16.8 Å². The van der Waals surface area contributed by atoms with Crippen LogP contribution in [-0.4, -0.2) is 37.8 Å². The van der Waals surface area contributed by atoms with Crippen LogP contribution in [0.25, 0.3) is 11.3 Å². The van der Waals surface area contributed by atoms with Crippen molar-refractivity contribution in [3.63, 3.8) is 0 Å². The molecule has 0 bridgehead atoms. The molecule has 3 aromatic rings. The third-order valence-corrected chi connectivity index (χ3v) is 3.85. The fourth-order valence-corrected chi connectivity index (χ4v) is 2.64. The van der Waals surface area contributed by atoms with Crippen molar-refractivity contribution in [3.05, 3.63) is 59.3 Å². The molecule has 0 saturated carbocycles. The van der Waals surface area contributed by atoms with Crippen molar-refractivity contribution in [1.82, 2.24) is 24.9 Å². The van der Waals surface area contributed by atoms with E-state index in [9.17, 15) is 9.18 Å². The van der Waals surface area contributed by atoms with Gasteiger partial charge in [0.1, 0.15) is 5.82 Å². The van der Waals surface area contributed by atoms with E-state index >= 15 is 0 Å². The highest BCUT2D eigenvalue weighted by atomic mass is 19.1. The van der Waals surface area contributed by atoms with Crippen molar-refractivity contribution in [3.8, 4) is 11.3 Å². The molecule has 0 atom stereocenters. The summed E-state index contributed by atoms with van der Waals surface area (Å²) in [7, 11) is 3.52. The Morgan fingerprint density at radius 1 is 1.33 bits per heavy atom. The van der Waals surface area contributed by atoms with Crippen LogP contribution in [0, 0.1) is 12.7 Å². The summed E-state index contributed by atoms with van der Waals surface area (Å²) in [5, 5.41) is 11.2. The number of hydrogen-bond acceptors (Lipinski definition) is 3. The van der Waals surface area contributed by atoms with Gasteiger partial charge in [0.05, 0.1) is 23.1 Å². The van der Waals surface area contributed by atoms with E-state index < -0.39 is 0 Å². The van der Waals surface area contributed by atoms with E-state index in [1.807, 2.05) is 6.92 Å². The molecule has 24 heavy (non-hydrogen) atoms. The molecule has 6 nitrogen and oxygen atoms in total. The Morgan fingerprint density at radius 3 is 2.67 bits per heavy atom. The lowest BCUT2D eigenvalue weighted by atomic mass is 10.1. The van der Waals surface area contributed by atoms with Crippen LogP contribution >= 0.6 is 0 Å². The van der Waals surface area contributed by atoms with Gasteiger partial charge in [-0.25, -0.2) is 4.39 Å². The summed E-state index contributed by atoms with van der Waals surface area (Å²) >= 11 is 0. The molecule has 0 saturated heterocycles. The summed E-state index contributed by atoms with van der Waals surface area (Å²) in [6, 6.07) is 6.15. The summed E-state index contributed by atoms with van der Waals surface area (Å²) in [6.07, 6.45) is 3.39. The van der Waals surface area contributed by atoms with E-state index in [2.05, 4.69) is 15.3 Å². The van der Waals surface area contributed by atoms with Gasteiger partial charge in [-0.05, 0) is 31.2 Å². The quantitative estimate of drug-likeness (QED) is 0.801. The largest absolute Gasteiger partial charge is 0.337 e. The average Bonchev–Trinajstić information content (AvgIpc) is 3.13. The lowest BCUT2D eigenvalue weighted by Gasteiger charge is -2.16. The summed E-state index contributed by atoms with van der Waals surface area (Å²) < 4.78 is 14.7. The van der Waals surface area contributed by atoms with Crippen molar-refractivity contribution >= 4 is 5.91 Å². The van der Waals surface area contributed by atoms with Gasteiger partial charge in [0.2, 0.25) is 0 Å². The van der Waals surface area contributed by atoms with Crippen LogP contribution in [0.5, 0.6) is 0 Å². The predicted octanol–water partition coefficient (Wildman–Crippen LogP) is 2.53. The van der Waals surface area contributed by atoms with Gasteiger partial charge >= 0.3 is 0 Å². The maximum atomic E-state index is 13.1. The summed E-state index contributed by atoms with van der Waals surface area (Å²) in [5.74, 6) is -0.397. The minimum Gasteiger partial charge on any atom is -0.337 e. The van der Waals surface area contributed by atoms with Gasteiger partial charge in [-0.1, -0.05) is 0 Å². The molecule has 7 heteroatoms. The highest BCUT2D eigenvalue weighted by molar-refractivity contribution is 5.94. The molecular weight excluding hydrogens is 309 g/mol. The Balaban J connectivity index is 1.82. The fourth-order valence-electron chi connectivity index (χ4n) is 2.64. The van der Waals surface area contributed by atoms with Gasteiger partial charge < -0.3 is 4.90 Å². The Kier molecular flexibility index (Phi) is 4.16. The Bertz CT molecular complexity index is 865. The van der Waals surface area contributed by atoms with E-state index in [0.29, 0.717) is 17.8 Å². The number of amides is 1. The summed E-state index contributed by atoms with van der Waals surface area (Å²) in [5.41, 5.74) is 3.73. The Hall–Kier alpha value is -2.96. The van der Waals surface area contributed by atoms with Gasteiger partial charge in [-0.2, -0.15) is 10.2 Å². The molecule has 0 fully saturated rings. The molecule has 3 rings (SSSR count). The predicted molar refractivity (Wildman–Crippen MR) is 87.7 cm³/mol. The van der Waals surface area contributed by atoms with E-state index in [4.69, 9.17) is 0 Å². The number of aryl methyl sites for hydroxylation is 2. The molecule has 0 radical (unpaired) electrons. The molecule has 0 aliphatic heterocycles. The van der Waals surface area contributed by atoms with Crippen molar-refractivity contribution in [1.29, 1.82) is 0 Å². The SMILES string of the molecule is Cc1nn(C)cc1C(=O)N(C)Cc1cn[nH]c1-c1ccc(F)cc1. The zero-order chi connectivity index (χ0) is 17.3. The normalized spacial score (nSPS) is 10.8. The standard InChI is InChI=1S/C17H18FN5O/c1-11-15(10-23(3)21-11)17(24)22(2)9-13-8-19-20-16(13)12-4-6-14(18)7-5-12/h4-8,10H,9H2,1-3H3,(H,19,20). The van der Waals surface area contributed by atoms with Crippen molar-refractivity contribution in [2.24, 2.45) is 7.05 Å². The maximum Gasteiger partial charge on any atom is 0.257 e. The van der Waals surface area contributed by atoms with Crippen LogP contribution in [-0.2, 0) is 13.6 Å². The van der Waals surface area contributed by atoms with Gasteiger partial charge in [0.25, 0.3) is 5.91 Å². The summed E-state index contributed by atoms with van der Waals surface area (Å²) in [6.45, 7) is 2.19. The van der Waals surface area contributed by atoms with E-state index in [1.165, 1.54) is 12.1 Å². The molecule has 1 amide bonds. The lowest BCUT2D eigenvalue weighted by Crippen LogP contribution is -2.26. The minimum atomic E-state index is -0.292. The first kappa shape index (κ1) is 15.9. The van der Waals surface area contributed by atoms with Crippen molar-refractivity contribution in [2.75, 3.05) is 7.05 Å². The second-order valence-electron chi connectivity index (χ2n) is 5.74. The molecule has 1 N–H and O–H groups in total. The van der Waals surface area contributed by atoms with Crippen LogP contribution in [0.2, 0.25) is 0 Å². The molecule has 0 unspecified atom stereocenters. The van der Waals surface area contributed by atoms with Gasteiger partial charge in [-0.15, -0.1) is 0 Å². The van der Waals surface area contributed by atoms with Crippen molar-refractivity contribution in [2.45, 2.75) is 13.5 Å². The summed E-state index contributed by atoms with van der Waals surface area (Å²) in [4.78, 5) is 14.2. The first-order valence-electron chi connectivity index (χ1n) is 7.49. The van der Waals surface area contributed by atoms with Crippen LogP contribution in [0.15, 0.2) is 36.7 Å². The van der Waals surface area contributed by atoms with Crippen molar-refractivity contribution < 1.29 is 9.18 Å². The fraction of sp³-hybridized carbons (Fsp3) is 0.235. The number of rotatable bonds is 4. The maximum absolute atomic E-state index is 13.1. The van der Waals surface area contributed by atoms with Gasteiger partial charge in [0.15, 0.2) is 0 Å². The lowest BCUT2D eigenvalue weighted by molar-refractivity contribution is 0.0784. The minimum absolute atomic E-state index is 0.105. The average molecular weight is 327 g/mol. The van der Waals surface area contributed by atoms with Crippen LogP contribution in [0.1, 0.15) is 21.6 Å².